The third-order valence-corrected chi connectivity index (χ3v) is 9.90. The van der Waals surface area contributed by atoms with Crippen LogP contribution in [0.5, 0.6) is 11.5 Å². The molecule has 0 spiro atoms. The van der Waals surface area contributed by atoms with Gasteiger partial charge in [-0.3, -0.25) is 14.6 Å². The molecule has 54 heavy (non-hydrogen) atoms. The minimum atomic E-state index is 0. The zero-order valence-corrected chi connectivity index (χ0v) is 32.4. The Morgan fingerprint density at radius 3 is 2.06 bits per heavy atom. The van der Waals surface area contributed by atoms with Crippen molar-refractivity contribution in [1.29, 1.82) is 0 Å². The molecule has 0 atom stereocenters. The Hall–Kier alpha value is -6.17. The Balaban J connectivity index is 0.00000413. The van der Waals surface area contributed by atoms with Gasteiger partial charge in [0, 0.05) is 64.7 Å². The number of hydrogen-bond acceptors (Lipinski definition) is 5. The van der Waals surface area contributed by atoms with Crippen molar-refractivity contribution in [3.63, 3.8) is 0 Å². The maximum Gasteiger partial charge on any atom is 2.00 e. The fourth-order valence-electron chi connectivity index (χ4n) is 7.09. The summed E-state index contributed by atoms with van der Waals surface area (Å²) in [5.41, 5.74) is 13.4. The molecule has 4 aromatic carbocycles. The Morgan fingerprint density at radius 1 is 0.611 bits per heavy atom. The van der Waals surface area contributed by atoms with Crippen LogP contribution >= 0.6 is 0 Å². The molecule has 0 aliphatic rings. The topological polar surface area (TPSA) is 70.7 Å². The summed E-state index contributed by atoms with van der Waals surface area (Å²) >= 11 is 0. The molecular weight excluding hydrogens is 848 g/mol. The summed E-state index contributed by atoms with van der Waals surface area (Å²) < 4.78 is 10.7. The van der Waals surface area contributed by atoms with E-state index in [4.69, 9.17) is 14.8 Å². The number of rotatable bonds is 7. The largest absolute Gasteiger partial charge is 2.00 e. The van der Waals surface area contributed by atoms with Gasteiger partial charge in [-0.25, -0.2) is 4.98 Å². The van der Waals surface area contributed by atoms with Gasteiger partial charge in [0.25, 0.3) is 0 Å². The van der Waals surface area contributed by atoms with Gasteiger partial charge in [0.1, 0.15) is 11.5 Å². The second kappa shape index (κ2) is 14.3. The van der Waals surface area contributed by atoms with Gasteiger partial charge in [0.2, 0.25) is 0 Å². The summed E-state index contributed by atoms with van der Waals surface area (Å²) in [6, 6.07) is 42.0. The first-order chi connectivity index (χ1) is 25.9. The zero-order chi connectivity index (χ0) is 36.1. The molecule has 0 radical (unpaired) electrons. The Morgan fingerprint density at radius 2 is 1.31 bits per heavy atom. The van der Waals surface area contributed by atoms with Crippen molar-refractivity contribution in [1.82, 2.24) is 29.3 Å². The average Bonchev–Trinajstić information content (AvgIpc) is 3.74. The predicted molar refractivity (Wildman–Crippen MR) is 211 cm³/mol. The van der Waals surface area contributed by atoms with E-state index in [1.807, 2.05) is 83.9 Å². The minimum absolute atomic E-state index is 0. The van der Waals surface area contributed by atoms with Crippen molar-refractivity contribution < 1.29 is 25.8 Å². The monoisotopic (exact) mass is 881 g/mol. The van der Waals surface area contributed by atoms with E-state index >= 15 is 0 Å². The van der Waals surface area contributed by atoms with Gasteiger partial charge in [-0.1, -0.05) is 35.8 Å². The number of aromatic nitrogens is 6. The Kier molecular flexibility index (Phi) is 9.26. The fraction of sp³-hybridized carbons (Fsp3) is 0.0870. The number of ether oxygens (including phenoxy) is 1. The smallest absolute Gasteiger partial charge is 0.509 e. The molecule has 5 aromatic heterocycles. The molecule has 0 N–H and O–H groups in total. The van der Waals surface area contributed by atoms with E-state index in [-0.39, 0.29) is 21.1 Å². The molecule has 0 saturated heterocycles. The van der Waals surface area contributed by atoms with Gasteiger partial charge in [0.15, 0.2) is 0 Å². The van der Waals surface area contributed by atoms with Crippen LogP contribution in [0.2, 0.25) is 0 Å². The predicted octanol–water partition coefficient (Wildman–Crippen LogP) is 10.8. The average molecular weight is 882 g/mol. The third kappa shape index (κ3) is 6.21. The van der Waals surface area contributed by atoms with E-state index in [0.29, 0.717) is 11.5 Å². The van der Waals surface area contributed by atoms with Crippen molar-refractivity contribution in [3.8, 4) is 56.6 Å². The third-order valence-electron chi connectivity index (χ3n) is 9.90. The van der Waals surface area contributed by atoms with Gasteiger partial charge in [-0.05, 0) is 109 Å². The van der Waals surface area contributed by atoms with Crippen molar-refractivity contribution in [3.05, 3.63) is 168 Å². The summed E-state index contributed by atoms with van der Waals surface area (Å²) in [5, 5.41) is 7.52. The standard InChI is InChI=1S/C46H34N6O.Pt/c1-29-14-23-49-43(24-29)51-41-11-6-5-10-39(41)40-13-12-38(28-42(40)51)53-37-9-7-8-36(27-37)52-46(34-17-21-48-22-18-34)44(35-25-30(2)32(4)31(3)26-35)45(50-52)33-15-19-47-20-16-33;/h5-26H,1-4H3;/q-2;+2. The number of para-hydroxylation sites is 1. The molecule has 264 valence electrons. The molecule has 0 fully saturated rings. The molecule has 9 aromatic rings. The van der Waals surface area contributed by atoms with Gasteiger partial charge in [0.05, 0.1) is 5.69 Å². The number of benzene rings is 4. The van der Waals surface area contributed by atoms with E-state index < -0.39 is 0 Å². The maximum absolute atomic E-state index is 6.55. The first-order valence-electron chi connectivity index (χ1n) is 17.5. The number of nitrogens with zero attached hydrogens (tertiary/aromatic N) is 6. The minimum Gasteiger partial charge on any atom is -0.509 e. The van der Waals surface area contributed by atoms with Crippen LogP contribution in [0, 0.1) is 39.8 Å². The summed E-state index contributed by atoms with van der Waals surface area (Å²) in [6.07, 6.45) is 9.08. The van der Waals surface area contributed by atoms with Crippen molar-refractivity contribution in [2.75, 3.05) is 0 Å². The van der Waals surface area contributed by atoms with Crippen LogP contribution in [0.1, 0.15) is 22.3 Å². The molecule has 0 saturated carbocycles. The second-order valence-corrected chi connectivity index (χ2v) is 13.3. The molecule has 0 amide bonds. The Bertz CT molecular complexity index is 2780. The second-order valence-electron chi connectivity index (χ2n) is 13.3. The van der Waals surface area contributed by atoms with Crippen LogP contribution in [0.15, 0.2) is 134 Å². The van der Waals surface area contributed by atoms with Gasteiger partial charge in [-0.15, -0.1) is 35.7 Å². The van der Waals surface area contributed by atoms with Crippen LogP contribution in [-0.2, 0) is 21.1 Å². The normalized spacial score (nSPS) is 11.2. The van der Waals surface area contributed by atoms with E-state index in [2.05, 4.69) is 96.8 Å². The molecule has 0 bridgehead atoms. The van der Waals surface area contributed by atoms with E-state index in [1.165, 1.54) is 16.7 Å². The van der Waals surface area contributed by atoms with E-state index in [0.717, 1.165) is 72.5 Å². The zero-order valence-electron chi connectivity index (χ0n) is 30.1. The molecule has 0 aliphatic carbocycles. The van der Waals surface area contributed by atoms with Gasteiger partial charge >= 0.3 is 21.1 Å². The van der Waals surface area contributed by atoms with Crippen LogP contribution in [0.25, 0.3) is 67.0 Å². The number of pyridine rings is 3. The number of fused-ring (bicyclic) bond motifs is 3. The summed E-state index contributed by atoms with van der Waals surface area (Å²) in [5.74, 6) is 1.95. The molecule has 0 aliphatic heterocycles. The summed E-state index contributed by atoms with van der Waals surface area (Å²) in [7, 11) is 0. The molecule has 0 unspecified atom stereocenters. The fourth-order valence-corrected chi connectivity index (χ4v) is 7.09. The summed E-state index contributed by atoms with van der Waals surface area (Å²) in [6.45, 7) is 8.56. The van der Waals surface area contributed by atoms with Crippen LogP contribution in [0.3, 0.4) is 0 Å². The van der Waals surface area contributed by atoms with Crippen LogP contribution < -0.4 is 4.74 Å². The SMILES string of the molecule is Cc1ccnc(-n2c3[c-]c(Oc4[c-]c(-n5nc(-c6ccncc6)c(-c6cc(C)c(C)c(C)c6)c5-c5ccncc5)ccc4)ccc3c3ccccc32)c1.[Pt+2]. The molecular formula is C46H34N6OPt. The van der Waals surface area contributed by atoms with E-state index in [1.54, 1.807) is 12.4 Å². The van der Waals surface area contributed by atoms with Crippen LogP contribution in [0.4, 0.5) is 0 Å². The maximum atomic E-state index is 6.55. The van der Waals surface area contributed by atoms with Crippen LogP contribution in [-0.4, -0.2) is 29.3 Å². The van der Waals surface area contributed by atoms with Crippen molar-refractivity contribution in [2.24, 2.45) is 0 Å². The number of hydrogen-bond donors (Lipinski definition) is 0. The quantitative estimate of drug-likeness (QED) is 0.149. The molecule has 9 rings (SSSR count). The molecule has 7 nitrogen and oxygen atoms in total. The van der Waals surface area contributed by atoms with Crippen molar-refractivity contribution in [2.45, 2.75) is 27.7 Å². The van der Waals surface area contributed by atoms with Gasteiger partial charge in [-0.2, -0.15) is 17.2 Å². The Labute approximate surface area is 328 Å². The first-order valence-corrected chi connectivity index (χ1v) is 17.5. The summed E-state index contributed by atoms with van der Waals surface area (Å²) in [4.78, 5) is 13.3. The first kappa shape index (κ1) is 34.9. The van der Waals surface area contributed by atoms with Gasteiger partial charge < -0.3 is 9.30 Å². The van der Waals surface area contributed by atoms with Crippen molar-refractivity contribution >= 4 is 21.8 Å². The molecule has 8 heteroatoms. The van der Waals surface area contributed by atoms with E-state index in [9.17, 15) is 0 Å². The molecule has 5 heterocycles. The number of aryl methyl sites for hydroxylation is 3.